The van der Waals surface area contributed by atoms with Gasteiger partial charge in [0.15, 0.2) is 0 Å². The predicted octanol–water partition coefficient (Wildman–Crippen LogP) is 2.64. The summed E-state index contributed by atoms with van der Waals surface area (Å²) in [4.78, 5) is 2.52. The molecule has 19 heavy (non-hydrogen) atoms. The molecule has 1 saturated carbocycles. The van der Waals surface area contributed by atoms with Crippen LogP contribution in [-0.4, -0.2) is 48.3 Å². The largest absolute Gasteiger partial charge is 0.395 e. The van der Waals surface area contributed by atoms with Crippen molar-refractivity contribution in [3.8, 4) is 0 Å². The van der Waals surface area contributed by atoms with Crippen molar-refractivity contribution in [3.63, 3.8) is 0 Å². The lowest BCUT2D eigenvalue weighted by molar-refractivity contribution is 0.0869. The fraction of sp³-hybridized carbons (Fsp3) is 1.00. The molecule has 114 valence electrons. The molecule has 1 unspecified atom stereocenters. The van der Waals surface area contributed by atoms with E-state index in [1.54, 1.807) is 0 Å². The molecule has 0 heterocycles. The van der Waals surface area contributed by atoms with Gasteiger partial charge in [0.2, 0.25) is 0 Å². The van der Waals surface area contributed by atoms with Crippen LogP contribution in [0.5, 0.6) is 0 Å². The molecule has 1 aliphatic carbocycles. The Labute approximate surface area is 119 Å². The van der Waals surface area contributed by atoms with Crippen LogP contribution in [0.1, 0.15) is 59.8 Å². The fourth-order valence-corrected chi connectivity index (χ4v) is 3.09. The number of rotatable bonds is 9. The molecule has 0 radical (unpaired) electrons. The lowest BCUT2D eigenvalue weighted by Crippen LogP contribution is -2.49. The lowest BCUT2D eigenvalue weighted by Gasteiger charge is -2.40. The third-order valence-electron chi connectivity index (χ3n) is 4.71. The highest BCUT2D eigenvalue weighted by Crippen LogP contribution is 2.28. The van der Waals surface area contributed by atoms with Gasteiger partial charge in [-0.1, -0.05) is 33.6 Å². The van der Waals surface area contributed by atoms with Crippen LogP contribution in [0.25, 0.3) is 0 Å². The van der Waals surface area contributed by atoms with Gasteiger partial charge < -0.3 is 10.4 Å². The van der Waals surface area contributed by atoms with Gasteiger partial charge in [0.05, 0.1) is 6.61 Å². The molecule has 1 aliphatic rings. The summed E-state index contributed by atoms with van der Waals surface area (Å²) in [6.07, 6.45) is 6.52. The summed E-state index contributed by atoms with van der Waals surface area (Å²) < 4.78 is 0. The molecular weight excluding hydrogens is 236 g/mol. The van der Waals surface area contributed by atoms with Gasteiger partial charge in [-0.15, -0.1) is 0 Å². The Morgan fingerprint density at radius 1 is 1.32 bits per heavy atom. The van der Waals surface area contributed by atoms with E-state index in [0.29, 0.717) is 12.1 Å². The van der Waals surface area contributed by atoms with Crippen LogP contribution < -0.4 is 5.32 Å². The summed E-state index contributed by atoms with van der Waals surface area (Å²) in [5.74, 6) is 0. The van der Waals surface area contributed by atoms with Crippen molar-refractivity contribution in [1.29, 1.82) is 0 Å². The Balaban J connectivity index is 2.54. The Kier molecular flexibility index (Phi) is 7.33. The maximum absolute atomic E-state index is 9.32. The highest BCUT2D eigenvalue weighted by atomic mass is 16.3. The third-order valence-corrected chi connectivity index (χ3v) is 4.71. The first-order chi connectivity index (χ1) is 9.01. The molecule has 0 amide bonds. The van der Waals surface area contributed by atoms with Crippen LogP contribution in [0.4, 0.5) is 0 Å². The topological polar surface area (TPSA) is 35.5 Å². The van der Waals surface area contributed by atoms with Crippen LogP contribution >= 0.6 is 0 Å². The average molecular weight is 270 g/mol. The van der Waals surface area contributed by atoms with E-state index in [1.807, 2.05) is 0 Å². The van der Waals surface area contributed by atoms with Gasteiger partial charge in [0, 0.05) is 25.2 Å². The predicted molar refractivity (Wildman–Crippen MR) is 82.5 cm³/mol. The zero-order chi connectivity index (χ0) is 14.3. The minimum atomic E-state index is 0.243. The first kappa shape index (κ1) is 16.9. The summed E-state index contributed by atoms with van der Waals surface area (Å²) in [7, 11) is 0. The average Bonchev–Trinajstić information content (AvgIpc) is 2.88. The van der Waals surface area contributed by atoms with Crippen molar-refractivity contribution in [2.75, 3.05) is 26.2 Å². The number of aliphatic hydroxyl groups is 1. The van der Waals surface area contributed by atoms with Crippen LogP contribution in [0.15, 0.2) is 0 Å². The molecular formula is C16H34N2O. The van der Waals surface area contributed by atoms with E-state index >= 15 is 0 Å². The van der Waals surface area contributed by atoms with Gasteiger partial charge in [-0.2, -0.15) is 0 Å². The molecule has 3 heteroatoms. The zero-order valence-electron chi connectivity index (χ0n) is 13.4. The smallest absolute Gasteiger partial charge is 0.0558 e. The molecule has 0 aromatic rings. The van der Waals surface area contributed by atoms with Crippen LogP contribution in [0, 0.1) is 5.41 Å². The van der Waals surface area contributed by atoms with E-state index < -0.39 is 0 Å². The normalized spacial score (nSPS) is 19.3. The summed E-state index contributed by atoms with van der Waals surface area (Å²) in [6, 6.07) is 1.21. The Morgan fingerprint density at radius 3 is 2.47 bits per heavy atom. The Hall–Kier alpha value is -0.120. The fourth-order valence-electron chi connectivity index (χ4n) is 3.09. The molecule has 1 fully saturated rings. The van der Waals surface area contributed by atoms with Gasteiger partial charge in [-0.3, -0.25) is 4.90 Å². The van der Waals surface area contributed by atoms with E-state index in [0.717, 1.165) is 19.6 Å². The van der Waals surface area contributed by atoms with E-state index in [2.05, 4.69) is 37.9 Å². The number of aliphatic hydroxyl groups excluding tert-OH is 1. The van der Waals surface area contributed by atoms with Crippen LogP contribution in [0.2, 0.25) is 0 Å². The highest BCUT2D eigenvalue weighted by Gasteiger charge is 2.31. The molecule has 1 atom stereocenters. The number of nitrogens with one attached hydrogen (secondary N) is 1. The highest BCUT2D eigenvalue weighted by molar-refractivity contribution is 4.87. The second kappa shape index (κ2) is 8.23. The van der Waals surface area contributed by atoms with Crippen molar-refractivity contribution in [2.45, 2.75) is 71.9 Å². The molecule has 3 nitrogen and oxygen atoms in total. The molecule has 0 spiro atoms. The van der Waals surface area contributed by atoms with E-state index in [4.69, 9.17) is 0 Å². The van der Waals surface area contributed by atoms with Crippen molar-refractivity contribution >= 4 is 0 Å². The zero-order valence-corrected chi connectivity index (χ0v) is 13.4. The minimum Gasteiger partial charge on any atom is -0.395 e. The standard InChI is InChI=1S/C16H34N2O/c1-5-10-17-14(2)16(3,4)13-18(11-12-19)15-8-6-7-9-15/h14-15,17,19H,5-13H2,1-4H3. The van der Waals surface area contributed by atoms with Crippen molar-refractivity contribution in [2.24, 2.45) is 5.41 Å². The Morgan fingerprint density at radius 2 is 1.95 bits per heavy atom. The lowest BCUT2D eigenvalue weighted by atomic mass is 9.84. The van der Waals surface area contributed by atoms with E-state index in [-0.39, 0.29) is 12.0 Å². The van der Waals surface area contributed by atoms with Gasteiger partial charge in [0.25, 0.3) is 0 Å². The molecule has 0 saturated heterocycles. The summed E-state index contributed by atoms with van der Waals surface area (Å²) in [6.45, 7) is 12.5. The molecule has 2 N–H and O–H groups in total. The van der Waals surface area contributed by atoms with Crippen molar-refractivity contribution in [3.05, 3.63) is 0 Å². The number of hydrogen-bond acceptors (Lipinski definition) is 3. The molecule has 0 aromatic carbocycles. The monoisotopic (exact) mass is 270 g/mol. The summed E-state index contributed by atoms with van der Waals surface area (Å²) in [5.41, 5.74) is 0.243. The summed E-state index contributed by atoms with van der Waals surface area (Å²) in [5, 5.41) is 12.9. The second-order valence-corrected chi connectivity index (χ2v) is 6.80. The van der Waals surface area contributed by atoms with Crippen LogP contribution in [-0.2, 0) is 0 Å². The number of hydrogen-bond donors (Lipinski definition) is 2. The SMILES string of the molecule is CCCNC(C)C(C)(C)CN(CCO)C1CCCC1. The number of nitrogens with zero attached hydrogens (tertiary/aromatic N) is 1. The van der Waals surface area contributed by atoms with Gasteiger partial charge in [-0.05, 0) is 38.1 Å². The third kappa shape index (κ3) is 5.41. The van der Waals surface area contributed by atoms with Crippen molar-refractivity contribution < 1.29 is 5.11 Å². The molecule has 0 aromatic heterocycles. The van der Waals surface area contributed by atoms with Gasteiger partial charge in [0.1, 0.15) is 0 Å². The van der Waals surface area contributed by atoms with Gasteiger partial charge >= 0.3 is 0 Å². The minimum absolute atomic E-state index is 0.243. The second-order valence-electron chi connectivity index (χ2n) is 6.80. The molecule has 0 bridgehead atoms. The summed E-state index contributed by atoms with van der Waals surface area (Å²) >= 11 is 0. The van der Waals surface area contributed by atoms with Crippen molar-refractivity contribution in [1.82, 2.24) is 10.2 Å². The maximum Gasteiger partial charge on any atom is 0.0558 e. The maximum atomic E-state index is 9.32. The van der Waals surface area contributed by atoms with E-state index in [9.17, 15) is 5.11 Å². The molecule has 0 aliphatic heterocycles. The van der Waals surface area contributed by atoms with E-state index in [1.165, 1.54) is 32.1 Å². The Bertz CT molecular complexity index is 237. The first-order valence-electron chi connectivity index (χ1n) is 8.09. The first-order valence-corrected chi connectivity index (χ1v) is 8.09. The quantitative estimate of drug-likeness (QED) is 0.676. The van der Waals surface area contributed by atoms with Gasteiger partial charge in [-0.25, -0.2) is 0 Å². The van der Waals surface area contributed by atoms with Crippen LogP contribution in [0.3, 0.4) is 0 Å². The molecule has 1 rings (SSSR count).